The summed E-state index contributed by atoms with van der Waals surface area (Å²) in [5.74, 6) is 0. The number of nitrogens with zero attached hydrogens (tertiary/aromatic N) is 1. The molecule has 0 bridgehead atoms. The number of anilines is 1. The summed E-state index contributed by atoms with van der Waals surface area (Å²) < 4.78 is 0. The first-order chi connectivity index (χ1) is 5.34. The molecule has 0 amide bonds. The predicted molar refractivity (Wildman–Crippen MR) is 41.9 cm³/mol. The SMILES string of the molecule is N#CNc1cccccc1=O. The van der Waals surface area contributed by atoms with Crippen LogP contribution >= 0.6 is 0 Å². The number of nitriles is 1. The quantitative estimate of drug-likeness (QED) is 0.474. The summed E-state index contributed by atoms with van der Waals surface area (Å²) in [4.78, 5) is 11.0. The minimum Gasteiger partial charge on any atom is -0.289 e. The molecule has 0 radical (unpaired) electrons. The van der Waals surface area contributed by atoms with Crippen LogP contribution in [0.2, 0.25) is 0 Å². The summed E-state index contributed by atoms with van der Waals surface area (Å²) in [5, 5.41) is 10.5. The molecule has 0 heterocycles. The fraction of sp³-hybridized carbons (Fsp3) is 0. The van der Waals surface area contributed by atoms with Gasteiger partial charge in [0.05, 0.1) is 5.69 Å². The first-order valence-corrected chi connectivity index (χ1v) is 3.09. The molecule has 0 saturated carbocycles. The molecule has 0 aromatic heterocycles. The molecule has 1 rings (SSSR count). The minimum absolute atomic E-state index is 0.184. The number of hydrogen-bond acceptors (Lipinski definition) is 3. The van der Waals surface area contributed by atoms with Crippen molar-refractivity contribution in [2.45, 2.75) is 0 Å². The van der Waals surface area contributed by atoms with Crippen molar-refractivity contribution in [3.63, 3.8) is 0 Å². The summed E-state index contributed by atoms with van der Waals surface area (Å²) in [6.07, 6.45) is 1.69. The lowest BCUT2D eigenvalue weighted by molar-refractivity contribution is 1.46. The third-order valence-electron chi connectivity index (χ3n) is 1.19. The third-order valence-corrected chi connectivity index (χ3v) is 1.19. The normalized spacial score (nSPS) is 8.27. The molecule has 0 saturated heterocycles. The van der Waals surface area contributed by atoms with Crippen LogP contribution in [0.1, 0.15) is 0 Å². The van der Waals surface area contributed by atoms with Gasteiger partial charge in [0.2, 0.25) is 5.43 Å². The van der Waals surface area contributed by atoms with Crippen LogP contribution in [0.4, 0.5) is 5.69 Å². The summed E-state index contributed by atoms with van der Waals surface area (Å²) in [5.41, 5.74) is 0.119. The Balaban J connectivity index is 3.20. The molecule has 0 aliphatic rings. The van der Waals surface area contributed by atoms with Gasteiger partial charge in [0.15, 0.2) is 6.19 Å². The lowest BCUT2D eigenvalue weighted by Gasteiger charge is -1.86. The van der Waals surface area contributed by atoms with E-state index in [4.69, 9.17) is 5.26 Å². The summed E-state index contributed by atoms with van der Waals surface area (Å²) in [6.45, 7) is 0. The molecular weight excluding hydrogens is 140 g/mol. The van der Waals surface area contributed by atoms with Crippen LogP contribution in [0.5, 0.6) is 0 Å². The Bertz CT molecular complexity index is 341. The van der Waals surface area contributed by atoms with Crippen molar-refractivity contribution >= 4 is 5.69 Å². The molecule has 0 spiro atoms. The summed E-state index contributed by atoms with van der Waals surface area (Å²) >= 11 is 0. The monoisotopic (exact) mass is 146 g/mol. The van der Waals surface area contributed by atoms with E-state index in [0.29, 0.717) is 5.69 Å². The van der Waals surface area contributed by atoms with Crippen LogP contribution < -0.4 is 10.7 Å². The molecule has 54 valence electrons. The van der Waals surface area contributed by atoms with Gasteiger partial charge in [-0.1, -0.05) is 18.2 Å². The van der Waals surface area contributed by atoms with E-state index in [1.54, 1.807) is 30.5 Å². The van der Waals surface area contributed by atoms with Crippen molar-refractivity contribution < 1.29 is 0 Å². The van der Waals surface area contributed by atoms with Crippen molar-refractivity contribution in [2.24, 2.45) is 0 Å². The molecule has 1 aromatic carbocycles. The van der Waals surface area contributed by atoms with Gasteiger partial charge in [-0.05, 0) is 12.1 Å². The topological polar surface area (TPSA) is 52.9 Å². The average molecular weight is 146 g/mol. The number of rotatable bonds is 1. The molecule has 3 nitrogen and oxygen atoms in total. The predicted octanol–water partition coefficient (Wildman–Crippen LogP) is 0.940. The zero-order valence-corrected chi connectivity index (χ0v) is 5.74. The molecule has 0 aliphatic carbocycles. The van der Waals surface area contributed by atoms with E-state index in [1.807, 2.05) is 0 Å². The van der Waals surface area contributed by atoms with Crippen LogP contribution in [-0.4, -0.2) is 0 Å². The van der Waals surface area contributed by atoms with Gasteiger partial charge in [0.25, 0.3) is 0 Å². The van der Waals surface area contributed by atoms with Gasteiger partial charge >= 0.3 is 0 Å². The summed E-state index contributed by atoms with van der Waals surface area (Å²) in [7, 11) is 0. The maximum absolute atomic E-state index is 11.0. The summed E-state index contributed by atoms with van der Waals surface area (Å²) in [6, 6.07) is 8.02. The molecule has 0 atom stereocenters. The molecule has 0 aliphatic heterocycles. The van der Waals surface area contributed by atoms with Gasteiger partial charge < -0.3 is 0 Å². The Morgan fingerprint density at radius 3 is 2.73 bits per heavy atom. The lowest BCUT2D eigenvalue weighted by Crippen LogP contribution is -2.02. The minimum atomic E-state index is -0.184. The number of hydrogen-bond donors (Lipinski definition) is 1. The van der Waals surface area contributed by atoms with Gasteiger partial charge in [0.1, 0.15) is 0 Å². The smallest absolute Gasteiger partial charge is 0.202 e. The third kappa shape index (κ3) is 1.80. The molecule has 0 fully saturated rings. The van der Waals surface area contributed by atoms with E-state index in [-0.39, 0.29) is 5.43 Å². The Morgan fingerprint density at radius 2 is 2.00 bits per heavy atom. The highest BCUT2D eigenvalue weighted by molar-refractivity contribution is 5.44. The van der Waals surface area contributed by atoms with E-state index in [2.05, 4.69) is 5.32 Å². The van der Waals surface area contributed by atoms with Crippen LogP contribution in [0.15, 0.2) is 35.1 Å². The molecule has 0 unspecified atom stereocenters. The Hall–Kier alpha value is -1.82. The van der Waals surface area contributed by atoms with E-state index in [0.717, 1.165) is 0 Å². The molecule has 1 N–H and O–H groups in total. The van der Waals surface area contributed by atoms with Crippen molar-refractivity contribution in [1.29, 1.82) is 5.26 Å². The molecular formula is C8H6N2O. The van der Waals surface area contributed by atoms with Gasteiger partial charge in [-0.3, -0.25) is 10.1 Å². The standard InChI is InChI=1S/C8H6N2O/c9-6-10-7-4-2-1-3-5-8(7)11/h1-5H,(H,10,11). The number of nitrogens with one attached hydrogen (secondary N) is 1. The highest BCUT2D eigenvalue weighted by Crippen LogP contribution is 1.94. The molecule has 1 aromatic rings. The van der Waals surface area contributed by atoms with Gasteiger partial charge in [0, 0.05) is 0 Å². The van der Waals surface area contributed by atoms with Crippen molar-refractivity contribution in [3.8, 4) is 6.19 Å². The fourth-order valence-electron chi connectivity index (χ4n) is 0.694. The average Bonchev–Trinajstić information content (AvgIpc) is 2.18. The highest BCUT2D eigenvalue weighted by atomic mass is 16.1. The largest absolute Gasteiger partial charge is 0.289 e. The van der Waals surface area contributed by atoms with E-state index in [9.17, 15) is 4.79 Å². The van der Waals surface area contributed by atoms with Crippen molar-refractivity contribution in [2.75, 3.05) is 5.32 Å². The van der Waals surface area contributed by atoms with Gasteiger partial charge in [-0.15, -0.1) is 0 Å². The van der Waals surface area contributed by atoms with Crippen LogP contribution in [0.3, 0.4) is 0 Å². The maximum atomic E-state index is 11.0. The maximum Gasteiger partial charge on any atom is 0.202 e. The molecule has 11 heavy (non-hydrogen) atoms. The molecule has 3 heteroatoms. The lowest BCUT2D eigenvalue weighted by atomic mass is 10.4. The van der Waals surface area contributed by atoms with Gasteiger partial charge in [-0.25, -0.2) is 0 Å². The second-order valence-corrected chi connectivity index (χ2v) is 1.93. The zero-order valence-electron chi connectivity index (χ0n) is 5.74. The first-order valence-electron chi connectivity index (χ1n) is 3.09. The van der Waals surface area contributed by atoms with E-state index >= 15 is 0 Å². The highest BCUT2D eigenvalue weighted by Gasteiger charge is 1.90. The van der Waals surface area contributed by atoms with E-state index < -0.39 is 0 Å². The van der Waals surface area contributed by atoms with Crippen LogP contribution in [0, 0.1) is 11.5 Å². The Labute approximate surface area is 63.9 Å². The van der Waals surface area contributed by atoms with Gasteiger partial charge in [-0.2, -0.15) is 5.26 Å². The van der Waals surface area contributed by atoms with Crippen molar-refractivity contribution in [3.05, 3.63) is 40.6 Å². The Kier molecular flexibility index (Phi) is 2.24. The first kappa shape index (κ1) is 7.29. The Morgan fingerprint density at radius 1 is 1.27 bits per heavy atom. The second kappa shape index (κ2) is 3.37. The van der Waals surface area contributed by atoms with Crippen LogP contribution in [0.25, 0.3) is 0 Å². The second-order valence-electron chi connectivity index (χ2n) is 1.93. The van der Waals surface area contributed by atoms with E-state index in [1.165, 1.54) is 6.07 Å². The van der Waals surface area contributed by atoms with Crippen LogP contribution in [-0.2, 0) is 0 Å². The fourth-order valence-corrected chi connectivity index (χ4v) is 0.694. The van der Waals surface area contributed by atoms with Crippen molar-refractivity contribution in [1.82, 2.24) is 0 Å². The zero-order chi connectivity index (χ0) is 8.10.